The number of carboxylic acids is 3. The van der Waals surface area contributed by atoms with Crippen LogP contribution >= 0.6 is 0 Å². The Hall–Kier alpha value is -2.65. The van der Waals surface area contributed by atoms with Crippen LogP contribution in [0.25, 0.3) is 0 Å². The number of hydrogen-bond acceptors (Lipinski definition) is 10. The van der Waals surface area contributed by atoms with Gasteiger partial charge in [-0.15, -0.1) is 0 Å². The molecular formula is C24H46O13. The van der Waals surface area contributed by atoms with Crippen molar-refractivity contribution in [3.8, 4) is 0 Å². The standard InChI is InChI=1S/C7H16O3.C5H12O4.3C4H6O2/c1-2-3-7(4-8,5-9)6-10;6-1-5(2-7,3-8)4-9;3*1-3(2)4(5)6/h8-10H,2-6H2,1H3;6-9H,1-4H2;3*1H2,2H3,(H,5,6). The van der Waals surface area contributed by atoms with E-state index in [1.54, 1.807) is 0 Å². The van der Waals surface area contributed by atoms with E-state index in [1.807, 2.05) is 6.92 Å². The van der Waals surface area contributed by atoms with Crippen molar-refractivity contribution in [1.82, 2.24) is 0 Å². The number of hydrogen-bond donors (Lipinski definition) is 10. The lowest BCUT2D eigenvalue weighted by Gasteiger charge is -2.26. The molecule has 0 aromatic carbocycles. The Morgan fingerprint density at radius 2 is 0.676 bits per heavy atom. The Morgan fingerprint density at radius 1 is 0.514 bits per heavy atom. The number of rotatable bonds is 12. The van der Waals surface area contributed by atoms with Crippen LogP contribution in [0, 0.1) is 10.8 Å². The van der Waals surface area contributed by atoms with Crippen molar-refractivity contribution in [2.24, 2.45) is 10.8 Å². The quantitative estimate of drug-likeness (QED) is 0.141. The molecular weight excluding hydrogens is 496 g/mol. The minimum absolute atomic E-state index is 0.145. The van der Waals surface area contributed by atoms with Gasteiger partial charge in [-0.1, -0.05) is 33.1 Å². The summed E-state index contributed by atoms with van der Waals surface area (Å²) in [5.41, 5.74) is -1.24. The highest BCUT2D eigenvalue weighted by Crippen LogP contribution is 2.21. The largest absolute Gasteiger partial charge is 0.478 e. The summed E-state index contributed by atoms with van der Waals surface area (Å²) in [4.78, 5) is 28.8. The van der Waals surface area contributed by atoms with Crippen LogP contribution in [-0.2, 0) is 14.4 Å². The minimum Gasteiger partial charge on any atom is -0.478 e. The van der Waals surface area contributed by atoms with Crippen LogP contribution in [0.2, 0.25) is 0 Å². The summed E-state index contributed by atoms with van der Waals surface area (Å²) >= 11 is 0. The summed E-state index contributed by atoms with van der Waals surface area (Å²) in [5, 5.41) is 84.0. The SMILES string of the molecule is C=C(C)C(=O)O.C=C(C)C(=O)O.C=C(C)C(=O)O.CCCC(CO)(CO)CO.OCC(CO)(CO)CO. The predicted octanol–water partition coefficient (Wildman–Crippen LogP) is -0.367. The van der Waals surface area contributed by atoms with Crippen molar-refractivity contribution in [3.05, 3.63) is 36.5 Å². The maximum absolute atomic E-state index is 9.60. The van der Waals surface area contributed by atoms with Gasteiger partial charge in [-0.3, -0.25) is 0 Å². The van der Waals surface area contributed by atoms with Gasteiger partial charge in [0.1, 0.15) is 0 Å². The van der Waals surface area contributed by atoms with E-state index in [1.165, 1.54) is 20.8 Å². The molecule has 0 saturated heterocycles. The number of aliphatic carboxylic acids is 3. The minimum atomic E-state index is -1.11. The third kappa shape index (κ3) is 27.8. The Balaban J connectivity index is -0.000000118. The average molecular weight is 543 g/mol. The molecule has 13 nitrogen and oxygen atoms in total. The molecule has 0 unspecified atom stereocenters. The first-order chi connectivity index (χ1) is 16.9. The molecule has 0 rings (SSSR count). The zero-order valence-corrected chi connectivity index (χ0v) is 22.2. The Labute approximate surface area is 218 Å². The predicted molar refractivity (Wildman–Crippen MR) is 137 cm³/mol. The summed E-state index contributed by atoms with van der Waals surface area (Å²) in [6.45, 7) is 13.7. The van der Waals surface area contributed by atoms with Gasteiger partial charge in [0, 0.05) is 22.1 Å². The molecule has 0 heterocycles. The van der Waals surface area contributed by atoms with Gasteiger partial charge in [0.05, 0.1) is 51.7 Å². The molecule has 0 aromatic rings. The number of carbonyl (C=O) groups is 3. The molecule has 0 atom stereocenters. The number of aliphatic hydroxyl groups excluding tert-OH is 7. The molecule has 0 amide bonds. The molecule has 0 radical (unpaired) electrons. The van der Waals surface area contributed by atoms with Gasteiger partial charge in [-0.05, 0) is 27.2 Å². The van der Waals surface area contributed by atoms with E-state index in [0.29, 0.717) is 6.42 Å². The second kappa shape index (κ2) is 26.4. The van der Waals surface area contributed by atoms with Crippen LogP contribution in [0.5, 0.6) is 0 Å². The Kier molecular flexibility index (Phi) is 31.7. The summed E-state index contributed by atoms with van der Waals surface area (Å²) in [5.74, 6) is -2.81. The van der Waals surface area contributed by atoms with Gasteiger partial charge in [0.15, 0.2) is 0 Å². The zero-order chi connectivity index (χ0) is 30.8. The van der Waals surface area contributed by atoms with Gasteiger partial charge in [-0.25, -0.2) is 14.4 Å². The monoisotopic (exact) mass is 542 g/mol. The molecule has 10 N–H and O–H groups in total. The first-order valence-electron chi connectivity index (χ1n) is 10.8. The molecule has 220 valence electrons. The van der Waals surface area contributed by atoms with E-state index in [9.17, 15) is 14.4 Å². The fraction of sp³-hybridized carbons (Fsp3) is 0.625. The molecule has 0 aliphatic carbocycles. The molecule has 13 heteroatoms. The van der Waals surface area contributed by atoms with Crippen LogP contribution in [0.4, 0.5) is 0 Å². The lowest BCUT2D eigenvalue weighted by atomic mass is 9.86. The van der Waals surface area contributed by atoms with E-state index < -0.39 is 55.2 Å². The molecule has 0 spiro atoms. The molecule has 0 bridgehead atoms. The Bertz CT molecular complexity index is 545. The van der Waals surface area contributed by atoms with Crippen LogP contribution < -0.4 is 0 Å². The number of aliphatic hydroxyl groups is 7. The second-order valence-corrected chi connectivity index (χ2v) is 8.11. The molecule has 0 aliphatic heterocycles. The van der Waals surface area contributed by atoms with Crippen LogP contribution in [0.3, 0.4) is 0 Å². The first-order valence-corrected chi connectivity index (χ1v) is 10.8. The van der Waals surface area contributed by atoms with Crippen LogP contribution in [0.15, 0.2) is 36.5 Å². The summed E-state index contributed by atoms with van der Waals surface area (Å²) < 4.78 is 0. The van der Waals surface area contributed by atoms with E-state index >= 15 is 0 Å². The summed E-state index contributed by atoms with van der Waals surface area (Å²) in [6.07, 6.45) is 1.53. The second-order valence-electron chi connectivity index (χ2n) is 8.11. The fourth-order valence-electron chi connectivity index (χ4n) is 1.22. The van der Waals surface area contributed by atoms with Crippen LogP contribution in [0.1, 0.15) is 40.5 Å². The normalized spacial score (nSPS) is 9.81. The summed E-state index contributed by atoms with van der Waals surface area (Å²) in [6, 6.07) is 0. The van der Waals surface area contributed by atoms with E-state index in [-0.39, 0.29) is 36.5 Å². The van der Waals surface area contributed by atoms with E-state index in [0.717, 1.165) is 6.42 Å². The number of carboxylic acid groups (broad SMARTS) is 3. The maximum atomic E-state index is 9.60. The molecule has 0 fully saturated rings. The zero-order valence-electron chi connectivity index (χ0n) is 22.2. The van der Waals surface area contributed by atoms with Crippen molar-refractivity contribution in [2.75, 3.05) is 46.2 Å². The highest BCUT2D eigenvalue weighted by molar-refractivity contribution is 5.85. The van der Waals surface area contributed by atoms with E-state index in [4.69, 9.17) is 51.1 Å². The van der Waals surface area contributed by atoms with Crippen molar-refractivity contribution in [3.63, 3.8) is 0 Å². The maximum Gasteiger partial charge on any atom is 0.330 e. The third-order valence-corrected chi connectivity index (χ3v) is 4.22. The molecule has 0 saturated carbocycles. The highest BCUT2D eigenvalue weighted by atomic mass is 16.4. The summed E-state index contributed by atoms with van der Waals surface area (Å²) in [7, 11) is 0. The Morgan fingerprint density at radius 3 is 0.703 bits per heavy atom. The van der Waals surface area contributed by atoms with Gasteiger partial charge >= 0.3 is 17.9 Å². The fourth-order valence-corrected chi connectivity index (χ4v) is 1.22. The van der Waals surface area contributed by atoms with Crippen molar-refractivity contribution in [1.29, 1.82) is 0 Å². The van der Waals surface area contributed by atoms with E-state index in [2.05, 4.69) is 19.7 Å². The topological polar surface area (TPSA) is 254 Å². The van der Waals surface area contributed by atoms with Crippen LogP contribution in [-0.4, -0.2) is 115 Å². The third-order valence-electron chi connectivity index (χ3n) is 4.22. The molecule has 0 aromatic heterocycles. The average Bonchev–Trinajstić information content (AvgIpc) is 2.86. The molecule has 0 aliphatic rings. The highest BCUT2D eigenvalue weighted by Gasteiger charge is 2.27. The lowest BCUT2D eigenvalue weighted by Crippen LogP contribution is -2.37. The molecule has 37 heavy (non-hydrogen) atoms. The first kappa shape index (κ1) is 44.4. The van der Waals surface area contributed by atoms with Crippen molar-refractivity contribution in [2.45, 2.75) is 40.5 Å². The smallest absolute Gasteiger partial charge is 0.330 e. The lowest BCUT2D eigenvalue weighted by molar-refractivity contribution is -0.133. The van der Waals surface area contributed by atoms with Gasteiger partial charge in [0.25, 0.3) is 0 Å². The van der Waals surface area contributed by atoms with Gasteiger partial charge in [0.2, 0.25) is 0 Å². The van der Waals surface area contributed by atoms with Crippen molar-refractivity contribution >= 4 is 17.9 Å². The van der Waals surface area contributed by atoms with Crippen molar-refractivity contribution < 1.29 is 65.4 Å². The van der Waals surface area contributed by atoms with Gasteiger partial charge < -0.3 is 51.1 Å². The van der Waals surface area contributed by atoms with Gasteiger partial charge in [-0.2, -0.15) is 0 Å².